The van der Waals surface area contributed by atoms with Crippen molar-refractivity contribution < 1.29 is 18.7 Å². The lowest BCUT2D eigenvalue weighted by Gasteiger charge is -2.07. The van der Waals surface area contributed by atoms with Crippen molar-refractivity contribution in [3.8, 4) is 6.07 Å². The summed E-state index contributed by atoms with van der Waals surface area (Å²) in [5.74, 6) is -1.14. The number of carboxylic acids is 1. The zero-order chi connectivity index (χ0) is 12.3. The summed E-state index contributed by atoms with van der Waals surface area (Å²) in [6.07, 6.45) is -3.14. The molecule has 1 aromatic carbocycles. The second kappa shape index (κ2) is 5.03. The lowest BCUT2D eigenvalue weighted by Crippen LogP contribution is -2.03. The average molecular weight is 290 g/mol. The first-order chi connectivity index (χ1) is 7.45. The van der Waals surface area contributed by atoms with E-state index in [0.717, 1.165) is 12.1 Å². The van der Waals surface area contributed by atoms with Crippen LogP contribution in [0.3, 0.4) is 0 Å². The van der Waals surface area contributed by atoms with E-state index < -0.39 is 18.8 Å². The first-order valence-electron chi connectivity index (χ1n) is 4.18. The number of rotatable bonds is 3. The van der Waals surface area contributed by atoms with Gasteiger partial charge in [-0.1, -0.05) is 0 Å². The van der Waals surface area contributed by atoms with Crippen LogP contribution >= 0.6 is 15.9 Å². The Morgan fingerprint density at radius 1 is 1.56 bits per heavy atom. The third-order valence-electron chi connectivity index (χ3n) is 1.88. The maximum atomic E-state index is 12.5. The van der Waals surface area contributed by atoms with Crippen LogP contribution in [0.15, 0.2) is 16.6 Å². The summed E-state index contributed by atoms with van der Waals surface area (Å²) in [5, 5.41) is 17.3. The fourth-order valence-electron chi connectivity index (χ4n) is 1.21. The van der Waals surface area contributed by atoms with Crippen molar-refractivity contribution in [2.45, 2.75) is 12.8 Å². The van der Waals surface area contributed by atoms with E-state index in [0.29, 0.717) is 0 Å². The normalized spacial score (nSPS) is 10.2. The Morgan fingerprint density at radius 2 is 2.19 bits per heavy atom. The van der Waals surface area contributed by atoms with Crippen molar-refractivity contribution in [3.05, 3.63) is 33.3 Å². The Morgan fingerprint density at radius 3 is 2.62 bits per heavy atom. The summed E-state index contributed by atoms with van der Waals surface area (Å²) in [6, 6.07) is 3.86. The van der Waals surface area contributed by atoms with Gasteiger partial charge in [0.2, 0.25) is 0 Å². The molecular weight excluding hydrogens is 284 g/mol. The summed E-state index contributed by atoms with van der Waals surface area (Å²) in [5.41, 5.74) is -0.174. The molecule has 84 valence electrons. The maximum Gasteiger partial charge on any atom is 0.307 e. The molecule has 0 atom stereocenters. The quantitative estimate of drug-likeness (QED) is 0.931. The predicted octanol–water partition coefficient (Wildman–Crippen LogP) is 2.89. The highest BCUT2D eigenvalue weighted by atomic mass is 79.9. The molecule has 0 radical (unpaired) electrons. The molecule has 0 amide bonds. The van der Waals surface area contributed by atoms with Crippen LogP contribution < -0.4 is 0 Å². The molecule has 16 heavy (non-hydrogen) atoms. The fourth-order valence-corrected chi connectivity index (χ4v) is 1.67. The molecule has 0 aliphatic rings. The molecule has 0 aliphatic carbocycles. The molecule has 0 saturated carbocycles. The first-order valence-corrected chi connectivity index (χ1v) is 4.97. The average Bonchev–Trinajstić information content (AvgIpc) is 2.20. The molecule has 1 N–H and O–H groups in total. The van der Waals surface area contributed by atoms with Crippen LogP contribution in [0.2, 0.25) is 0 Å². The van der Waals surface area contributed by atoms with Crippen LogP contribution in [0.4, 0.5) is 8.78 Å². The number of nitrogens with zero attached hydrogens (tertiary/aromatic N) is 1. The standard InChI is InChI=1S/C10H6BrF2NO2/c11-9-5(3-8(15)16)1-6(10(12)13)2-7(9)4-14/h1-2,10H,3H2,(H,15,16). The number of aliphatic carboxylic acids is 1. The molecule has 0 fully saturated rings. The molecule has 0 aliphatic heterocycles. The van der Waals surface area contributed by atoms with Crippen LogP contribution in [0.25, 0.3) is 0 Å². The van der Waals surface area contributed by atoms with Gasteiger partial charge in [-0.2, -0.15) is 5.26 Å². The second-order valence-electron chi connectivity index (χ2n) is 3.02. The molecule has 6 heteroatoms. The summed E-state index contributed by atoms with van der Waals surface area (Å²) in [6.45, 7) is 0. The van der Waals surface area contributed by atoms with E-state index in [1.807, 2.05) is 0 Å². The maximum absolute atomic E-state index is 12.5. The molecule has 0 unspecified atom stereocenters. The Hall–Kier alpha value is -1.48. The van der Waals surface area contributed by atoms with Gasteiger partial charge in [-0.3, -0.25) is 4.79 Å². The van der Waals surface area contributed by atoms with Crippen LogP contribution in [-0.2, 0) is 11.2 Å². The van der Waals surface area contributed by atoms with Crippen molar-refractivity contribution in [3.63, 3.8) is 0 Å². The molecular formula is C10H6BrF2NO2. The van der Waals surface area contributed by atoms with E-state index in [1.165, 1.54) is 0 Å². The van der Waals surface area contributed by atoms with Crippen molar-refractivity contribution in [2.24, 2.45) is 0 Å². The largest absolute Gasteiger partial charge is 0.481 e. The number of hydrogen-bond acceptors (Lipinski definition) is 2. The van der Waals surface area contributed by atoms with Gasteiger partial charge in [-0.15, -0.1) is 0 Å². The zero-order valence-corrected chi connectivity index (χ0v) is 9.46. The van der Waals surface area contributed by atoms with Crippen molar-refractivity contribution in [1.82, 2.24) is 0 Å². The van der Waals surface area contributed by atoms with Crippen LogP contribution in [0.5, 0.6) is 0 Å². The van der Waals surface area contributed by atoms with Gasteiger partial charge in [0.15, 0.2) is 0 Å². The van der Waals surface area contributed by atoms with Gasteiger partial charge >= 0.3 is 5.97 Å². The minimum atomic E-state index is -2.73. The van der Waals surface area contributed by atoms with Crippen molar-refractivity contribution in [1.29, 1.82) is 5.26 Å². The second-order valence-corrected chi connectivity index (χ2v) is 3.82. The summed E-state index contributed by atoms with van der Waals surface area (Å²) < 4.78 is 25.2. The Kier molecular flexibility index (Phi) is 3.96. The highest BCUT2D eigenvalue weighted by Crippen LogP contribution is 2.28. The Bertz CT molecular complexity index is 469. The molecule has 1 aromatic rings. The van der Waals surface area contributed by atoms with E-state index in [2.05, 4.69) is 15.9 Å². The minimum absolute atomic E-state index is 0.00838. The van der Waals surface area contributed by atoms with Gasteiger partial charge in [-0.05, 0) is 33.6 Å². The number of alkyl halides is 2. The lowest BCUT2D eigenvalue weighted by molar-refractivity contribution is -0.136. The van der Waals surface area contributed by atoms with E-state index in [-0.39, 0.29) is 21.2 Å². The topological polar surface area (TPSA) is 61.1 Å². The number of nitriles is 1. The predicted molar refractivity (Wildman–Crippen MR) is 55.2 cm³/mol. The molecule has 0 saturated heterocycles. The van der Waals surface area contributed by atoms with Crippen LogP contribution in [0.1, 0.15) is 23.1 Å². The van der Waals surface area contributed by atoms with Crippen molar-refractivity contribution >= 4 is 21.9 Å². The number of carbonyl (C=O) groups is 1. The lowest BCUT2D eigenvalue weighted by atomic mass is 10.0. The highest BCUT2D eigenvalue weighted by molar-refractivity contribution is 9.10. The Labute approximate surface area is 98.4 Å². The first kappa shape index (κ1) is 12.6. The number of benzene rings is 1. The molecule has 0 heterocycles. The molecule has 3 nitrogen and oxygen atoms in total. The molecule has 0 bridgehead atoms. The smallest absolute Gasteiger partial charge is 0.307 e. The van der Waals surface area contributed by atoms with Gasteiger partial charge < -0.3 is 5.11 Å². The van der Waals surface area contributed by atoms with Gasteiger partial charge in [0.1, 0.15) is 6.07 Å². The number of carboxylic acid groups (broad SMARTS) is 1. The van der Waals surface area contributed by atoms with Gasteiger partial charge in [0.25, 0.3) is 6.43 Å². The summed E-state index contributed by atoms with van der Waals surface area (Å²) >= 11 is 3.02. The third kappa shape index (κ3) is 2.76. The summed E-state index contributed by atoms with van der Waals surface area (Å²) in [7, 11) is 0. The van der Waals surface area contributed by atoms with E-state index in [4.69, 9.17) is 10.4 Å². The SMILES string of the molecule is N#Cc1cc(C(F)F)cc(CC(=O)O)c1Br. The monoisotopic (exact) mass is 289 g/mol. The van der Waals surface area contributed by atoms with Crippen molar-refractivity contribution in [2.75, 3.05) is 0 Å². The van der Waals surface area contributed by atoms with E-state index in [9.17, 15) is 13.6 Å². The minimum Gasteiger partial charge on any atom is -0.481 e. The van der Waals surface area contributed by atoms with Gasteiger partial charge in [-0.25, -0.2) is 8.78 Å². The van der Waals surface area contributed by atoms with Crippen LogP contribution in [0, 0.1) is 11.3 Å². The van der Waals surface area contributed by atoms with E-state index >= 15 is 0 Å². The van der Waals surface area contributed by atoms with Crippen LogP contribution in [-0.4, -0.2) is 11.1 Å². The summed E-state index contributed by atoms with van der Waals surface area (Å²) in [4.78, 5) is 10.5. The molecule has 0 spiro atoms. The molecule has 1 rings (SSSR count). The fraction of sp³-hybridized carbons (Fsp3) is 0.200. The highest BCUT2D eigenvalue weighted by Gasteiger charge is 2.15. The van der Waals surface area contributed by atoms with E-state index in [1.54, 1.807) is 6.07 Å². The molecule has 0 aromatic heterocycles. The Balaban J connectivity index is 3.31. The third-order valence-corrected chi connectivity index (χ3v) is 2.82. The van der Waals surface area contributed by atoms with Gasteiger partial charge in [0, 0.05) is 10.0 Å². The zero-order valence-electron chi connectivity index (χ0n) is 7.88. The number of halogens is 3. The number of hydrogen-bond donors (Lipinski definition) is 1. The van der Waals surface area contributed by atoms with Gasteiger partial charge in [0.05, 0.1) is 12.0 Å².